The lowest BCUT2D eigenvalue weighted by Crippen LogP contribution is -1.86. The van der Waals surface area contributed by atoms with Gasteiger partial charge in [0.05, 0.1) is 0 Å². The second-order valence-corrected chi connectivity index (χ2v) is 5.24. The van der Waals surface area contributed by atoms with E-state index in [-0.39, 0.29) is 0 Å². The maximum Gasteiger partial charge on any atom is 0.227 e. The van der Waals surface area contributed by atoms with E-state index in [1.54, 1.807) is 0 Å². The van der Waals surface area contributed by atoms with Crippen molar-refractivity contribution in [2.75, 3.05) is 0 Å². The molecular weight excluding hydrogens is 234 g/mol. The van der Waals surface area contributed by atoms with E-state index in [0.717, 1.165) is 16.7 Å². The molecule has 1 aromatic heterocycles. The molecule has 0 N–H and O–H groups in total. The van der Waals surface area contributed by atoms with Crippen molar-refractivity contribution in [1.29, 1.82) is 0 Å². The van der Waals surface area contributed by atoms with Crippen molar-refractivity contribution in [3.8, 4) is 11.5 Å². The fourth-order valence-electron chi connectivity index (χ4n) is 2.33. The van der Waals surface area contributed by atoms with Crippen molar-refractivity contribution in [2.24, 2.45) is 0 Å². The highest BCUT2D eigenvalue weighted by molar-refractivity contribution is 5.79. The number of fused-ring (bicyclic) bond motifs is 1. The molecule has 1 heterocycles. The largest absolute Gasteiger partial charge is 0.436 e. The van der Waals surface area contributed by atoms with Crippen molar-refractivity contribution in [3.63, 3.8) is 0 Å². The van der Waals surface area contributed by atoms with Gasteiger partial charge in [-0.05, 0) is 36.6 Å². The number of hydrogen-bond acceptors (Lipinski definition) is 2. The SMILES string of the molecule is Cc1cccc(-c2nc3cccc(C(C)C)c3o2)c1. The Morgan fingerprint density at radius 2 is 1.84 bits per heavy atom. The summed E-state index contributed by atoms with van der Waals surface area (Å²) in [6.07, 6.45) is 0. The van der Waals surface area contributed by atoms with Gasteiger partial charge in [-0.1, -0.05) is 43.7 Å². The van der Waals surface area contributed by atoms with Gasteiger partial charge in [0, 0.05) is 5.56 Å². The molecule has 0 radical (unpaired) electrons. The maximum absolute atomic E-state index is 5.99. The molecular formula is C17H17NO. The molecule has 0 fully saturated rings. The van der Waals surface area contributed by atoms with Gasteiger partial charge < -0.3 is 4.42 Å². The molecule has 0 bridgehead atoms. The molecule has 96 valence electrons. The van der Waals surface area contributed by atoms with Crippen LogP contribution in [-0.2, 0) is 0 Å². The third kappa shape index (κ3) is 2.14. The Labute approximate surface area is 113 Å². The van der Waals surface area contributed by atoms with Gasteiger partial charge >= 0.3 is 0 Å². The predicted octanol–water partition coefficient (Wildman–Crippen LogP) is 4.93. The quantitative estimate of drug-likeness (QED) is 0.645. The molecule has 0 unspecified atom stereocenters. The van der Waals surface area contributed by atoms with Crippen molar-refractivity contribution >= 4 is 11.1 Å². The zero-order chi connectivity index (χ0) is 13.4. The van der Waals surface area contributed by atoms with Crippen LogP contribution >= 0.6 is 0 Å². The highest BCUT2D eigenvalue weighted by Gasteiger charge is 2.13. The van der Waals surface area contributed by atoms with E-state index < -0.39 is 0 Å². The first kappa shape index (κ1) is 12.0. The average Bonchev–Trinajstić information content (AvgIpc) is 2.82. The Bertz CT molecular complexity index is 725. The molecule has 0 amide bonds. The Morgan fingerprint density at radius 1 is 1.05 bits per heavy atom. The maximum atomic E-state index is 5.99. The van der Waals surface area contributed by atoms with E-state index in [0.29, 0.717) is 11.8 Å². The van der Waals surface area contributed by atoms with E-state index >= 15 is 0 Å². The van der Waals surface area contributed by atoms with Crippen LogP contribution in [0.15, 0.2) is 46.9 Å². The molecule has 0 aliphatic heterocycles. The lowest BCUT2D eigenvalue weighted by atomic mass is 10.0. The molecule has 0 atom stereocenters. The summed E-state index contributed by atoms with van der Waals surface area (Å²) in [5, 5.41) is 0. The molecule has 2 heteroatoms. The van der Waals surface area contributed by atoms with Gasteiger partial charge in [0.15, 0.2) is 5.58 Å². The van der Waals surface area contributed by atoms with Crippen LogP contribution in [0.2, 0.25) is 0 Å². The van der Waals surface area contributed by atoms with Crippen molar-refractivity contribution in [1.82, 2.24) is 4.98 Å². The molecule has 0 aliphatic rings. The van der Waals surface area contributed by atoms with Crippen molar-refractivity contribution in [3.05, 3.63) is 53.6 Å². The number of hydrogen-bond donors (Lipinski definition) is 0. The van der Waals surface area contributed by atoms with Gasteiger partial charge in [-0.15, -0.1) is 0 Å². The number of para-hydroxylation sites is 1. The minimum atomic E-state index is 0.432. The van der Waals surface area contributed by atoms with Crippen LogP contribution in [0.25, 0.3) is 22.6 Å². The molecule has 0 saturated carbocycles. The summed E-state index contributed by atoms with van der Waals surface area (Å²) in [5.41, 5.74) is 5.30. The van der Waals surface area contributed by atoms with Gasteiger partial charge in [-0.3, -0.25) is 0 Å². The Balaban J connectivity index is 2.19. The Morgan fingerprint density at radius 3 is 2.58 bits per heavy atom. The van der Waals surface area contributed by atoms with E-state index in [9.17, 15) is 0 Å². The molecule has 19 heavy (non-hydrogen) atoms. The summed E-state index contributed by atoms with van der Waals surface area (Å²) >= 11 is 0. The molecule has 0 saturated heterocycles. The van der Waals surface area contributed by atoms with E-state index in [4.69, 9.17) is 4.42 Å². The molecule has 0 spiro atoms. The van der Waals surface area contributed by atoms with Crippen molar-refractivity contribution < 1.29 is 4.42 Å². The zero-order valence-electron chi connectivity index (χ0n) is 11.5. The van der Waals surface area contributed by atoms with Crippen LogP contribution in [0.5, 0.6) is 0 Å². The van der Waals surface area contributed by atoms with Gasteiger partial charge in [-0.25, -0.2) is 4.98 Å². The van der Waals surface area contributed by atoms with Crippen LogP contribution in [0.4, 0.5) is 0 Å². The lowest BCUT2D eigenvalue weighted by molar-refractivity contribution is 0.611. The first-order valence-corrected chi connectivity index (χ1v) is 6.61. The minimum absolute atomic E-state index is 0.432. The van der Waals surface area contributed by atoms with Crippen LogP contribution in [0, 0.1) is 6.92 Å². The molecule has 3 aromatic rings. The highest BCUT2D eigenvalue weighted by atomic mass is 16.3. The molecule has 3 rings (SSSR count). The topological polar surface area (TPSA) is 26.0 Å². The predicted molar refractivity (Wildman–Crippen MR) is 78.3 cm³/mol. The number of aryl methyl sites for hydroxylation is 1. The normalized spacial score (nSPS) is 11.4. The summed E-state index contributed by atoms with van der Waals surface area (Å²) < 4.78 is 5.99. The average molecular weight is 251 g/mol. The Kier molecular flexibility index (Phi) is 2.86. The second kappa shape index (κ2) is 4.54. The van der Waals surface area contributed by atoms with Crippen LogP contribution < -0.4 is 0 Å². The standard InChI is InChI=1S/C17H17NO/c1-11(2)14-8-5-9-15-16(14)19-17(18-15)13-7-4-6-12(3)10-13/h4-11H,1-3H3. The van der Waals surface area contributed by atoms with Crippen molar-refractivity contribution in [2.45, 2.75) is 26.7 Å². The number of rotatable bonds is 2. The summed E-state index contributed by atoms with van der Waals surface area (Å²) in [6, 6.07) is 14.4. The first-order chi connectivity index (χ1) is 9.15. The number of nitrogens with zero attached hydrogens (tertiary/aromatic N) is 1. The third-order valence-electron chi connectivity index (χ3n) is 3.33. The summed E-state index contributed by atoms with van der Waals surface area (Å²) in [4.78, 5) is 4.60. The smallest absolute Gasteiger partial charge is 0.227 e. The molecule has 2 nitrogen and oxygen atoms in total. The van der Waals surface area contributed by atoms with E-state index in [1.807, 2.05) is 24.3 Å². The fraction of sp³-hybridized carbons (Fsp3) is 0.235. The van der Waals surface area contributed by atoms with Gasteiger partial charge in [-0.2, -0.15) is 0 Å². The lowest BCUT2D eigenvalue weighted by Gasteiger charge is -2.03. The molecule has 0 aliphatic carbocycles. The zero-order valence-corrected chi connectivity index (χ0v) is 11.5. The second-order valence-electron chi connectivity index (χ2n) is 5.24. The van der Waals surface area contributed by atoms with E-state index in [2.05, 4.69) is 44.0 Å². The van der Waals surface area contributed by atoms with Gasteiger partial charge in [0.2, 0.25) is 5.89 Å². The van der Waals surface area contributed by atoms with Gasteiger partial charge in [0.1, 0.15) is 5.52 Å². The Hall–Kier alpha value is -2.09. The number of oxazole rings is 1. The fourth-order valence-corrected chi connectivity index (χ4v) is 2.33. The number of aromatic nitrogens is 1. The van der Waals surface area contributed by atoms with Crippen LogP contribution in [0.3, 0.4) is 0 Å². The number of benzene rings is 2. The minimum Gasteiger partial charge on any atom is -0.436 e. The van der Waals surface area contributed by atoms with Crippen LogP contribution in [-0.4, -0.2) is 4.98 Å². The summed E-state index contributed by atoms with van der Waals surface area (Å²) in [7, 11) is 0. The van der Waals surface area contributed by atoms with Crippen LogP contribution in [0.1, 0.15) is 30.9 Å². The first-order valence-electron chi connectivity index (χ1n) is 6.61. The third-order valence-corrected chi connectivity index (χ3v) is 3.33. The van der Waals surface area contributed by atoms with Gasteiger partial charge in [0.25, 0.3) is 0 Å². The highest BCUT2D eigenvalue weighted by Crippen LogP contribution is 2.30. The monoisotopic (exact) mass is 251 g/mol. The summed E-state index contributed by atoms with van der Waals surface area (Å²) in [6.45, 7) is 6.42. The summed E-state index contributed by atoms with van der Waals surface area (Å²) in [5.74, 6) is 1.13. The molecule has 2 aromatic carbocycles. The van der Waals surface area contributed by atoms with E-state index in [1.165, 1.54) is 11.1 Å².